The van der Waals surface area contributed by atoms with E-state index in [4.69, 9.17) is 4.74 Å². The maximum absolute atomic E-state index is 12.3. The number of benzene rings is 2. The number of hydrogen-bond acceptors (Lipinski definition) is 7. The van der Waals surface area contributed by atoms with E-state index in [0.29, 0.717) is 22.1 Å². The molecule has 0 atom stereocenters. The third kappa shape index (κ3) is 4.33. The number of thiazole rings is 1. The first-order valence-electron chi connectivity index (χ1n) is 8.76. The zero-order chi connectivity index (χ0) is 21.1. The topological polar surface area (TPSA) is 116 Å². The van der Waals surface area contributed by atoms with Crippen molar-refractivity contribution in [3.05, 3.63) is 87.3 Å². The molecule has 0 aliphatic carbocycles. The Hall–Kier alpha value is -4.05. The number of hydrogen-bond donors (Lipinski definition) is 1. The van der Waals surface area contributed by atoms with Crippen LogP contribution < -0.4 is 15.6 Å². The molecule has 2 aromatic carbocycles. The number of rotatable bonds is 6. The number of pyridine rings is 1. The number of aromatic nitrogens is 2. The summed E-state index contributed by atoms with van der Waals surface area (Å²) < 4.78 is 7.59. The van der Waals surface area contributed by atoms with Gasteiger partial charge in [-0.3, -0.25) is 24.3 Å². The van der Waals surface area contributed by atoms with E-state index in [1.54, 1.807) is 12.1 Å². The van der Waals surface area contributed by atoms with Gasteiger partial charge in [-0.1, -0.05) is 29.5 Å². The molecule has 0 saturated carbocycles. The smallest absolute Gasteiger partial charge is 0.285 e. The van der Waals surface area contributed by atoms with Gasteiger partial charge in [-0.2, -0.15) is 0 Å². The van der Waals surface area contributed by atoms with E-state index in [-0.39, 0.29) is 12.2 Å². The third-order valence-corrected chi connectivity index (χ3v) is 5.01. The van der Waals surface area contributed by atoms with Crippen LogP contribution in [-0.2, 0) is 11.3 Å². The van der Waals surface area contributed by atoms with Gasteiger partial charge < -0.3 is 10.1 Å². The zero-order valence-corrected chi connectivity index (χ0v) is 16.2. The summed E-state index contributed by atoms with van der Waals surface area (Å²) in [7, 11) is 0. The van der Waals surface area contributed by atoms with Crippen molar-refractivity contribution in [1.82, 2.24) is 9.55 Å². The highest BCUT2D eigenvalue weighted by Gasteiger charge is 2.13. The predicted octanol–water partition coefficient (Wildman–Crippen LogP) is 3.80. The van der Waals surface area contributed by atoms with Crippen molar-refractivity contribution in [2.45, 2.75) is 6.54 Å². The second-order valence-corrected chi connectivity index (χ2v) is 7.25. The van der Waals surface area contributed by atoms with Crippen molar-refractivity contribution in [2.24, 2.45) is 0 Å². The molecule has 30 heavy (non-hydrogen) atoms. The Morgan fingerprint density at radius 1 is 1.13 bits per heavy atom. The second kappa shape index (κ2) is 8.13. The Bertz CT molecular complexity index is 1300. The van der Waals surface area contributed by atoms with Gasteiger partial charge in [0, 0.05) is 18.2 Å². The number of nitro groups is 1. The minimum Gasteiger partial charge on any atom is -0.457 e. The Morgan fingerprint density at radius 2 is 1.93 bits per heavy atom. The molecule has 0 spiro atoms. The first-order chi connectivity index (χ1) is 14.5. The molecule has 10 heteroatoms. The molecule has 0 fully saturated rings. The highest BCUT2D eigenvalue weighted by Crippen LogP contribution is 2.31. The van der Waals surface area contributed by atoms with Crippen LogP contribution in [-0.4, -0.2) is 20.4 Å². The zero-order valence-electron chi connectivity index (χ0n) is 15.3. The Morgan fingerprint density at radius 3 is 2.70 bits per heavy atom. The van der Waals surface area contributed by atoms with Crippen LogP contribution in [0.3, 0.4) is 0 Å². The van der Waals surface area contributed by atoms with Gasteiger partial charge in [0.25, 0.3) is 11.2 Å². The Kier molecular flexibility index (Phi) is 5.22. The Labute approximate surface area is 173 Å². The molecular weight excluding hydrogens is 408 g/mol. The fourth-order valence-electron chi connectivity index (χ4n) is 2.71. The standard InChI is InChI=1S/C20H14N4O5S/c25-18(12-23-11-13(24(27)28)6-9-19(23)26)22-20-21-16-8-7-15(10-17(16)30-20)29-14-4-2-1-3-5-14/h1-11H,12H2,(H,21,22,25). The van der Waals surface area contributed by atoms with Gasteiger partial charge in [0.2, 0.25) is 5.91 Å². The summed E-state index contributed by atoms with van der Waals surface area (Å²) in [6, 6.07) is 16.9. The molecule has 0 radical (unpaired) electrons. The van der Waals surface area contributed by atoms with E-state index >= 15 is 0 Å². The van der Waals surface area contributed by atoms with Gasteiger partial charge in [0.15, 0.2) is 5.13 Å². The van der Waals surface area contributed by atoms with E-state index in [1.165, 1.54) is 11.3 Å². The molecule has 0 aliphatic rings. The fourth-order valence-corrected chi connectivity index (χ4v) is 3.62. The van der Waals surface area contributed by atoms with Crippen LogP contribution in [0.4, 0.5) is 10.8 Å². The van der Waals surface area contributed by atoms with Crippen molar-refractivity contribution < 1.29 is 14.5 Å². The van der Waals surface area contributed by atoms with Crippen LogP contribution in [0.15, 0.2) is 71.7 Å². The average Bonchev–Trinajstić information content (AvgIpc) is 3.11. The monoisotopic (exact) mass is 422 g/mol. The lowest BCUT2D eigenvalue weighted by Crippen LogP contribution is -2.26. The molecule has 2 aromatic heterocycles. The maximum Gasteiger partial charge on any atom is 0.285 e. The summed E-state index contributed by atoms with van der Waals surface area (Å²) in [6.45, 7) is -0.362. The quantitative estimate of drug-likeness (QED) is 0.373. The molecule has 150 valence electrons. The normalized spacial score (nSPS) is 10.7. The lowest BCUT2D eigenvalue weighted by atomic mass is 10.3. The van der Waals surface area contributed by atoms with Crippen LogP contribution in [0.25, 0.3) is 10.2 Å². The molecule has 0 aliphatic heterocycles. The number of carbonyl (C=O) groups excluding carboxylic acids is 1. The SMILES string of the molecule is O=C(Cn1cc([N+](=O)[O-])ccc1=O)Nc1nc2ccc(Oc3ccccc3)cc2s1. The minimum absolute atomic E-state index is 0.270. The first-order valence-corrected chi connectivity index (χ1v) is 9.58. The van der Waals surface area contributed by atoms with Crippen LogP contribution in [0.1, 0.15) is 0 Å². The van der Waals surface area contributed by atoms with Crippen LogP contribution in [0.2, 0.25) is 0 Å². The van der Waals surface area contributed by atoms with Gasteiger partial charge in [0.1, 0.15) is 18.0 Å². The maximum atomic E-state index is 12.3. The number of nitrogens with one attached hydrogen (secondary N) is 1. The van der Waals surface area contributed by atoms with Crippen LogP contribution in [0, 0.1) is 10.1 Å². The van der Waals surface area contributed by atoms with E-state index in [1.807, 2.05) is 36.4 Å². The predicted molar refractivity (Wildman–Crippen MR) is 112 cm³/mol. The van der Waals surface area contributed by atoms with Crippen molar-refractivity contribution in [3.8, 4) is 11.5 Å². The molecule has 4 rings (SSSR count). The van der Waals surface area contributed by atoms with Crippen LogP contribution >= 0.6 is 11.3 Å². The molecule has 1 amide bonds. The van der Waals surface area contributed by atoms with Gasteiger partial charge in [-0.25, -0.2) is 4.98 Å². The number of fused-ring (bicyclic) bond motifs is 1. The highest BCUT2D eigenvalue weighted by molar-refractivity contribution is 7.22. The van der Waals surface area contributed by atoms with Crippen molar-refractivity contribution in [2.75, 3.05) is 5.32 Å². The van der Waals surface area contributed by atoms with Gasteiger partial charge in [-0.05, 0) is 24.3 Å². The molecule has 4 aromatic rings. The molecule has 2 heterocycles. The summed E-state index contributed by atoms with van der Waals surface area (Å²) in [6.07, 6.45) is 1.04. The highest BCUT2D eigenvalue weighted by atomic mass is 32.1. The molecule has 0 bridgehead atoms. The average molecular weight is 422 g/mol. The number of anilines is 1. The Balaban J connectivity index is 1.49. The van der Waals surface area contributed by atoms with E-state index in [0.717, 1.165) is 27.6 Å². The lowest BCUT2D eigenvalue weighted by molar-refractivity contribution is -0.385. The second-order valence-electron chi connectivity index (χ2n) is 6.22. The number of nitrogens with zero attached hydrogens (tertiary/aromatic N) is 3. The lowest BCUT2D eigenvalue weighted by Gasteiger charge is -2.04. The molecule has 9 nitrogen and oxygen atoms in total. The number of para-hydroxylation sites is 1. The van der Waals surface area contributed by atoms with Crippen molar-refractivity contribution >= 4 is 38.3 Å². The minimum atomic E-state index is -0.628. The fraction of sp³-hybridized carbons (Fsp3) is 0.0500. The summed E-state index contributed by atoms with van der Waals surface area (Å²) >= 11 is 1.25. The van der Waals surface area contributed by atoms with Gasteiger partial charge in [0.05, 0.1) is 21.3 Å². The van der Waals surface area contributed by atoms with Gasteiger partial charge >= 0.3 is 0 Å². The van der Waals surface area contributed by atoms with E-state index < -0.39 is 16.4 Å². The van der Waals surface area contributed by atoms with Crippen molar-refractivity contribution in [1.29, 1.82) is 0 Å². The molecule has 0 saturated heterocycles. The summed E-state index contributed by atoms with van der Waals surface area (Å²) in [5, 5.41) is 13.8. The van der Waals surface area contributed by atoms with Crippen molar-refractivity contribution in [3.63, 3.8) is 0 Å². The summed E-state index contributed by atoms with van der Waals surface area (Å²) in [5.74, 6) is 0.827. The number of ether oxygens (including phenoxy) is 1. The summed E-state index contributed by atoms with van der Waals surface area (Å²) in [4.78, 5) is 38.7. The molecule has 1 N–H and O–H groups in total. The van der Waals surface area contributed by atoms with Crippen LogP contribution in [0.5, 0.6) is 11.5 Å². The van der Waals surface area contributed by atoms with E-state index in [2.05, 4.69) is 10.3 Å². The molecule has 0 unspecified atom stereocenters. The largest absolute Gasteiger partial charge is 0.457 e. The first kappa shape index (κ1) is 19.3. The third-order valence-electron chi connectivity index (χ3n) is 4.08. The number of amides is 1. The van der Waals surface area contributed by atoms with E-state index in [9.17, 15) is 19.7 Å². The van der Waals surface area contributed by atoms with Gasteiger partial charge in [-0.15, -0.1) is 0 Å². The number of carbonyl (C=O) groups is 1. The summed E-state index contributed by atoms with van der Waals surface area (Å²) in [5.41, 5.74) is -0.0979. The molecular formula is C20H14N4O5S.